The van der Waals surface area contributed by atoms with Gasteiger partial charge in [0.2, 0.25) is 0 Å². The number of hydrogen-bond donors (Lipinski definition) is 2. The van der Waals surface area contributed by atoms with E-state index >= 15 is 0 Å². The highest BCUT2D eigenvalue weighted by Gasteiger charge is 2.48. The van der Waals surface area contributed by atoms with Gasteiger partial charge in [-0.25, -0.2) is 0 Å². The number of aliphatic hydroxyl groups is 2. The summed E-state index contributed by atoms with van der Waals surface area (Å²) >= 11 is 0. The van der Waals surface area contributed by atoms with Crippen molar-refractivity contribution in [3.63, 3.8) is 0 Å². The van der Waals surface area contributed by atoms with Crippen molar-refractivity contribution < 1.29 is 32.5 Å². The van der Waals surface area contributed by atoms with E-state index in [9.17, 15) is 33.5 Å². The Morgan fingerprint density at radius 1 is 1.36 bits per heavy atom. The molecule has 0 heterocycles. The predicted molar refractivity (Wildman–Crippen MR) is 85.1 cm³/mol. The summed E-state index contributed by atoms with van der Waals surface area (Å²) in [5, 5.41) is 31.0. The molecule has 0 bridgehead atoms. The molecule has 25 heavy (non-hydrogen) atoms. The molecule has 0 amide bonds. The van der Waals surface area contributed by atoms with E-state index in [-0.39, 0.29) is 17.0 Å². The van der Waals surface area contributed by atoms with Crippen LogP contribution in [0.15, 0.2) is 54.0 Å². The van der Waals surface area contributed by atoms with Gasteiger partial charge in [-0.2, -0.15) is 8.42 Å². The van der Waals surface area contributed by atoms with Crippen LogP contribution in [0.1, 0.15) is 6.42 Å². The Kier molecular flexibility index (Phi) is 5.18. The van der Waals surface area contributed by atoms with Gasteiger partial charge in [0.25, 0.3) is 15.8 Å². The number of nitro benzene ring substituents is 1. The summed E-state index contributed by atoms with van der Waals surface area (Å²) in [4.78, 5) is 21.3. The molecular weight excluding hydrogens is 354 g/mol. The van der Waals surface area contributed by atoms with Crippen molar-refractivity contribution in [1.82, 2.24) is 0 Å². The Morgan fingerprint density at radius 3 is 2.48 bits per heavy atom. The standard InChI is InChI=1S/C15H15NO8S/c1-2-9-15(19)13(17)8-7-12(14(15)18)24-25(22,23)11-5-3-10(4-6-11)16(20)21/h2-8,12,14,18-19H,1,9H2/t12-,14-,15+/m0/s1. The number of rotatable bonds is 6. The molecule has 134 valence electrons. The van der Waals surface area contributed by atoms with Gasteiger partial charge in [-0.3, -0.25) is 19.1 Å². The van der Waals surface area contributed by atoms with Crippen molar-refractivity contribution in [1.29, 1.82) is 0 Å². The minimum absolute atomic E-state index is 0.297. The van der Waals surface area contributed by atoms with Crippen LogP contribution in [0, 0.1) is 10.1 Å². The summed E-state index contributed by atoms with van der Waals surface area (Å²) < 4.78 is 29.4. The van der Waals surface area contributed by atoms with Gasteiger partial charge in [0.05, 0.1) is 9.82 Å². The van der Waals surface area contributed by atoms with Gasteiger partial charge in [0.1, 0.15) is 12.2 Å². The number of hydrogen-bond acceptors (Lipinski definition) is 8. The minimum Gasteiger partial charge on any atom is -0.386 e. The number of non-ortho nitro benzene ring substituents is 1. The zero-order valence-electron chi connectivity index (χ0n) is 12.8. The summed E-state index contributed by atoms with van der Waals surface area (Å²) in [6.45, 7) is 3.38. The Balaban J connectivity index is 2.28. The number of carbonyl (C=O) groups excluding carboxylic acids is 1. The Morgan fingerprint density at radius 2 is 1.96 bits per heavy atom. The van der Waals surface area contributed by atoms with Crippen LogP contribution in [-0.4, -0.2) is 47.1 Å². The van der Waals surface area contributed by atoms with Gasteiger partial charge in [0, 0.05) is 18.6 Å². The maximum Gasteiger partial charge on any atom is 0.297 e. The molecule has 0 aromatic heterocycles. The maximum atomic E-state index is 12.3. The first kappa shape index (κ1) is 18.9. The normalized spacial score (nSPS) is 26.4. The highest BCUT2D eigenvalue weighted by atomic mass is 32.2. The van der Waals surface area contributed by atoms with Gasteiger partial charge in [0.15, 0.2) is 11.4 Å². The first-order chi connectivity index (χ1) is 11.6. The van der Waals surface area contributed by atoms with Crippen molar-refractivity contribution in [3.05, 3.63) is 59.2 Å². The lowest BCUT2D eigenvalue weighted by Crippen LogP contribution is -2.56. The number of nitrogens with zero attached hydrogens (tertiary/aromatic N) is 1. The third-order valence-electron chi connectivity index (χ3n) is 3.69. The second kappa shape index (κ2) is 6.84. The number of nitro groups is 1. The van der Waals surface area contributed by atoms with Crippen LogP contribution < -0.4 is 0 Å². The first-order valence-corrected chi connectivity index (χ1v) is 8.44. The molecule has 0 spiro atoms. The molecule has 2 N–H and O–H groups in total. The molecule has 0 fully saturated rings. The fraction of sp³-hybridized carbons (Fsp3) is 0.267. The van der Waals surface area contributed by atoms with Crippen molar-refractivity contribution in [3.8, 4) is 0 Å². The summed E-state index contributed by atoms with van der Waals surface area (Å²) in [5.41, 5.74) is -2.55. The van der Waals surface area contributed by atoms with Crippen LogP contribution in [0.5, 0.6) is 0 Å². The SMILES string of the molecule is C=CC[C@@]1(O)C(=O)C=C[C@H](OS(=O)(=O)c2ccc([N+](=O)[O-])cc2)[C@@H]1O. The molecule has 2 rings (SSSR count). The molecule has 1 aliphatic rings. The van der Waals surface area contributed by atoms with E-state index in [2.05, 4.69) is 6.58 Å². The van der Waals surface area contributed by atoms with Crippen molar-refractivity contribution in [2.24, 2.45) is 0 Å². The monoisotopic (exact) mass is 369 g/mol. The molecule has 9 nitrogen and oxygen atoms in total. The molecular formula is C15H15NO8S. The molecule has 1 aromatic carbocycles. The smallest absolute Gasteiger partial charge is 0.297 e. The lowest BCUT2D eigenvalue weighted by atomic mass is 9.81. The fourth-order valence-electron chi connectivity index (χ4n) is 2.31. The van der Waals surface area contributed by atoms with Gasteiger partial charge in [-0.15, -0.1) is 6.58 Å². The minimum atomic E-state index is -4.40. The number of ketones is 1. The summed E-state index contributed by atoms with van der Waals surface area (Å²) in [6.07, 6.45) is -0.491. The van der Waals surface area contributed by atoms with Gasteiger partial charge >= 0.3 is 0 Å². The van der Waals surface area contributed by atoms with Crippen LogP contribution in [0.4, 0.5) is 5.69 Å². The van der Waals surface area contributed by atoms with Crippen LogP contribution in [-0.2, 0) is 19.1 Å². The molecule has 10 heteroatoms. The first-order valence-electron chi connectivity index (χ1n) is 7.03. The van der Waals surface area contributed by atoms with E-state index in [1.165, 1.54) is 6.08 Å². The third kappa shape index (κ3) is 3.66. The average molecular weight is 369 g/mol. The molecule has 1 aromatic rings. The average Bonchev–Trinajstić information content (AvgIpc) is 2.56. The predicted octanol–water partition coefficient (Wildman–Crippen LogP) is 0.476. The molecule has 0 radical (unpaired) electrons. The van der Waals surface area contributed by atoms with E-state index in [1.807, 2.05) is 0 Å². The summed E-state index contributed by atoms with van der Waals surface area (Å²) in [7, 11) is -4.40. The van der Waals surface area contributed by atoms with Gasteiger partial charge < -0.3 is 10.2 Å². The second-order valence-electron chi connectivity index (χ2n) is 5.35. The largest absolute Gasteiger partial charge is 0.386 e. The Bertz CT molecular complexity index is 830. The van der Waals surface area contributed by atoms with Crippen LogP contribution in [0.3, 0.4) is 0 Å². The number of aliphatic hydroxyl groups excluding tert-OH is 1. The molecule has 0 unspecified atom stereocenters. The van der Waals surface area contributed by atoms with Gasteiger partial charge in [-0.05, 0) is 24.3 Å². The highest BCUT2D eigenvalue weighted by molar-refractivity contribution is 7.86. The van der Waals surface area contributed by atoms with Crippen LogP contribution in [0.2, 0.25) is 0 Å². The van der Waals surface area contributed by atoms with Crippen LogP contribution in [0.25, 0.3) is 0 Å². The zero-order chi connectivity index (χ0) is 18.8. The fourth-order valence-corrected chi connectivity index (χ4v) is 3.35. The second-order valence-corrected chi connectivity index (χ2v) is 6.92. The number of benzene rings is 1. The van der Waals surface area contributed by atoms with E-state index in [1.54, 1.807) is 0 Å². The van der Waals surface area contributed by atoms with Crippen molar-refractivity contribution >= 4 is 21.6 Å². The number of carbonyl (C=O) groups is 1. The van der Waals surface area contributed by atoms with E-state index in [4.69, 9.17) is 4.18 Å². The molecule has 1 aliphatic carbocycles. The van der Waals surface area contributed by atoms with Crippen LogP contribution >= 0.6 is 0 Å². The zero-order valence-corrected chi connectivity index (χ0v) is 13.6. The molecule has 0 aliphatic heterocycles. The maximum absolute atomic E-state index is 12.3. The quantitative estimate of drug-likeness (QED) is 0.319. The molecule has 3 atom stereocenters. The van der Waals surface area contributed by atoms with E-state index in [0.717, 1.165) is 36.4 Å². The van der Waals surface area contributed by atoms with Crippen molar-refractivity contribution in [2.45, 2.75) is 29.1 Å². The highest BCUT2D eigenvalue weighted by Crippen LogP contribution is 2.29. The van der Waals surface area contributed by atoms with Crippen molar-refractivity contribution in [2.75, 3.05) is 0 Å². The molecule has 0 saturated heterocycles. The third-order valence-corrected chi connectivity index (χ3v) is 5.02. The van der Waals surface area contributed by atoms with Gasteiger partial charge in [-0.1, -0.05) is 6.08 Å². The Hall–Kier alpha value is -2.40. The van der Waals surface area contributed by atoms with E-state index in [0.29, 0.717) is 0 Å². The topological polar surface area (TPSA) is 144 Å². The molecule has 0 saturated carbocycles. The lowest BCUT2D eigenvalue weighted by molar-refractivity contribution is -0.384. The van der Waals surface area contributed by atoms with E-state index < -0.39 is 38.6 Å². The summed E-state index contributed by atoms with van der Waals surface area (Å²) in [5.74, 6) is -0.799. The summed E-state index contributed by atoms with van der Waals surface area (Å²) in [6, 6.07) is 3.93. The Labute approximate surface area is 143 Å². The lowest BCUT2D eigenvalue weighted by Gasteiger charge is -2.36.